The first-order valence-electron chi connectivity index (χ1n) is 8.52. The van der Waals surface area contributed by atoms with E-state index in [1.807, 2.05) is 4.90 Å². The number of halogens is 3. The molecule has 0 radical (unpaired) electrons. The molecule has 4 N–H and O–H groups in total. The Labute approximate surface area is 150 Å². The van der Waals surface area contributed by atoms with Crippen LogP contribution in [-0.4, -0.2) is 43.7 Å². The fraction of sp³-hybridized carbons (Fsp3) is 0.588. The Morgan fingerprint density at radius 1 is 1.38 bits per heavy atom. The largest absolute Gasteiger partial charge is 0.445 e. The van der Waals surface area contributed by atoms with Crippen molar-refractivity contribution in [3.8, 4) is 0 Å². The molecule has 0 saturated carbocycles. The molecule has 0 bridgehead atoms. The standard InChI is InChI=1S/C17H24F3N3O3/c18-17(19,20)13-2-1-3-14(10-13)23-8-5-12(6-9-23)4-7-22-16(25)26-11-15(21)24/h1-3,10,12,15,24H,4-9,11,21H2,(H,22,25). The van der Waals surface area contributed by atoms with E-state index in [1.54, 1.807) is 6.07 Å². The number of aliphatic hydroxyl groups excluding tert-OH is 1. The maximum Gasteiger partial charge on any atom is 0.416 e. The van der Waals surface area contributed by atoms with E-state index in [0.717, 1.165) is 25.3 Å². The van der Waals surface area contributed by atoms with Gasteiger partial charge in [0.15, 0.2) is 0 Å². The van der Waals surface area contributed by atoms with Gasteiger partial charge in [0.25, 0.3) is 0 Å². The minimum absolute atomic E-state index is 0.263. The molecule has 1 saturated heterocycles. The third-order valence-corrected chi connectivity index (χ3v) is 4.36. The fourth-order valence-corrected chi connectivity index (χ4v) is 2.95. The van der Waals surface area contributed by atoms with Crippen molar-refractivity contribution in [3.05, 3.63) is 29.8 Å². The number of hydrogen-bond acceptors (Lipinski definition) is 5. The number of alkyl carbamates (subject to hydrolysis) is 1. The Kier molecular flexibility index (Phi) is 7.10. The van der Waals surface area contributed by atoms with Gasteiger partial charge in [-0.1, -0.05) is 6.07 Å². The van der Waals surface area contributed by atoms with Gasteiger partial charge in [0.2, 0.25) is 0 Å². The van der Waals surface area contributed by atoms with Crippen LogP contribution < -0.4 is 16.0 Å². The second-order valence-corrected chi connectivity index (χ2v) is 6.36. The summed E-state index contributed by atoms with van der Waals surface area (Å²) in [5.74, 6) is 0.387. The third-order valence-electron chi connectivity index (χ3n) is 4.36. The number of piperidine rings is 1. The van der Waals surface area contributed by atoms with Gasteiger partial charge in [0.1, 0.15) is 12.8 Å². The molecular weight excluding hydrogens is 351 g/mol. The molecule has 1 fully saturated rings. The lowest BCUT2D eigenvalue weighted by atomic mass is 9.93. The van der Waals surface area contributed by atoms with Gasteiger partial charge in [0.05, 0.1) is 5.56 Å². The lowest BCUT2D eigenvalue weighted by Gasteiger charge is -2.34. The van der Waals surface area contributed by atoms with E-state index in [2.05, 4.69) is 10.1 Å². The van der Waals surface area contributed by atoms with Crippen molar-refractivity contribution in [2.24, 2.45) is 11.7 Å². The van der Waals surface area contributed by atoms with Crippen LogP contribution in [0.3, 0.4) is 0 Å². The van der Waals surface area contributed by atoms with Crippen molar-refractivity contribution in [1.29, 1.82) is 0 Å². The number of nitrogens with zero attached hydrogens (tertiary/aromatic N) is 1. The van der Waals surface area contributed by atoms with Crippen LogP contribution in [0, 0.1) is 5.92 Å². The van der Waals surface area contributed by atoms with Gasteiger partial charge < -0.3 is 25.8 Å². The maximum atomic E-state index is 12.8. The van der Waals surface area contributed by atoms with Crippen molar-refractivity contribution in [3.63, 3.8) is 0 Å². The summed E-state index contributed by atoms with van der Waals surface area (Å²) in [6.45, 7) is 1.53. The lowest BCUT2D eigenvalue weighted by Crippen LogP contribution is -2.36. The Morgan fingerprint density at radius 3 is 2.69 bits per heavy atom. The number of rotatable bonds is 6. The SMILES string of the molecule is NC(O)COC(=O)NCCC1CCN(c2cccc(C(F)(F)F)c2)CC1. The fourth-order valence-electron chi connectivity index (χ4n) is 2.95. The summed E-state index contributed by atoms with van der Waals surface area (Å²) in [5, 5.41) is 11.4. The van der Waals surface area contributed by atoms with E-state index in [0.29, 0.717) is 31.2 Å². The highest BCUT2D eigenvalue weighted by atomic mass is 19.4. The summed E-state index contributed by atoms with van der Waals surface area (Å²) in [6.07, 6.45) is -3.72. The van der Waals surface area contributed by atoms with Crippen LogP contribution in [0.2, 0.25) is 0 Å². The van der Waals surface area contributed by atoms with Gasteiger partial charge in [-0.05, 0) is 43.4 Å². The molecule has 0 spiro atoms. The normalized spacial score (nSPS) is 17.0. The summed E-state index contributed by atoms with van der Waals surface area (Å²) in [4.78, 5) is 13.3. The number of hydrogen-bond donors (Lipinski definition) is 3. The predicted molar refractivity (Wildman–Crippen MR) is 90.5 cm³/mol. The molecule has 1 aromatic carbocycles. The van der Waals surface area contributed by atoms with Gasteiger partial charge in [-0.3, -0.25) is 0 Å². The highest BCUT2D eigenvalue weighted by Gasteiger charge is 2.31. The average molecular weight is 375 g/mol. The minimum Gasteiger partial charge on any atom is -0.445 e. The van der Waals surface area contributed by atoms with Gasteiger partial charge >= 0.3 is 12.3 Å². The molecule has 146 valence electrons. The molecule has 0 aliphatic carbocycles. The zero-order valence-corrected chi connectivity index (χ0v) is 14.3. The van der Waals surface area contributed by atoms with Crippen LogP contribution >= 0.6 is 0 Å². The second kappa shape index (κ2) is 9.09. The van der Waals surface area contributed by atoms with E-state index in [4.69, 9.17) is 10.8 Å². The van der Waals surface area contributed by atoms with Gasteiger partial charge in [-0.25, -0.2) is 4.79 Å². The van der Waals surface area contributed by atoms with E-state index in [9.17, 15) is 18.0 Å². The monoisotopic (exact) mass is 375 g/mol. The molecule has 26 heavy (non-hydrogen) atoms. The predicted octanol–water partition coefficient (Wildman–Crippen LogP) is 2.32. The topological polar surface area (TPSA) is 87.8 Å². The molecule has 1 amide bonds. The molecule has 1 aliphatic rings. The molecule has 9 heteroatoms. The Morgan fingerprint density at radius 2 is 2.08 bits per heavy atom. The number of amides is 1. The molecule has 0 aromatic heterocycles. The summed E-state index contributed by atoms with van der Waals surface area (Å²) in [7, 11) is 0. The van der Waals surface area contributed by atoms with E-state index in [1.165, 1.54) is 12.1 Å². The van der Waals surface area contributed by atoms with Crippen LogP contribution in [0.25, 0.3) is 0 Å². The van der Waals surface area contributed by atoms with E-state index < -0.39 is 24.1 Å². The number of anilines is 1. The Balaban J connectivity index is 1.73. The van der Waals surface area contributed by atoms with Crippen LogP contribution in [-0.2, 0) is 10.9 Å². The summed E-state index contributed by atoms with van der Waals surface area (Å²) in [6, 6.07) is 5.38. The van der Waals surface area contributed by atoms with Crippen LogP contribution in [0.4, 0.5) is 23.7 Å². The number of ether oxygens (including phenoxy) is 1. The van der Waals surface area contributed by atoms with E-state index in [-0.39, 0.29) is 6.61 Å². The number of carbonyl (C=O) groups is 1. The number of benzene rings is 1. The van der Waals surface area contributed by atoms with Crippen LogP contribution in [0.15, 0.2) is 24.3 Å². The van der Waals surface area contributed by atoms with Gasteiger partial charge in [0, 0.05) is 25.3 Å². The number of carbonyl (C=O) groups excluding carboxylic acids is 1. The number of nitrogens with one attached hydrogen (secondary N) is 1. The first-order chi connectivity index (χ1) is 12.3. The summed E-state index contributed by atoms with van der Waals surface area (Å²) in [5.41, 5.74) is 5.01. The first-order valence-corrected chi connectivity index (χ1v) is 8.52. The zero-order valence-electron chi connectivity index (χ0n) is 14.3. The molecule has 2 rings (SSSR count). The van der Waals surface area contributed by atoms with Crippen molar-refractivity contribution >= 4 is 11.8 Å². The Hall–Kier alpha value is -2.00. The van der Waals surface area contributed by atoms with Crippen LogP contribution in [0.5, 0.6) is 0 Å². The minimum atomic E-state index is -4.34. The van der Waals surface area contributed by atoms with Crippen LogP contribution in [0.1, 0.15) is 24.8 Å². The second-order valence-electron chi connectivity index (χ2n) is 6.36. The number of alkyl halides is 3. The zero-order chi connectivity index (χ0) is 19.2. The van der Waals surface area contributed by atoms with Gasteiger partial charge in [-0.15, -0.1) is 0 Å². The van der Waals surface area contributed by atoms with Crippen molar-refractivity contribution < 1.29 is 27.8 Å². The quantitative estimate of drug-likeness (QED) is 0.664. The molecule has 6 nitrogen and oxygen atoms in total. The van der Waals surface area contributed by atoms with Crippen molar-refractivity contribution in [1.82, 2.24) is 5.32 Å². The Bertz CT molecular complexity index is 588. The van der Waals surface area contributed by atoms with Crippen molar-refractivity contribution in [2.45, 2.75) is 31.7 Å². The highest BCUT2D eigenvalue weighted by molar-refractivity contribution is 5.67. The third kappa shape index (κ3) is 6.38. The number of aliphatic hydroxyl groups is 1. The average Bonchev–Trinajstić information content (AvgIpc) is 2.60. The summed E-state index contributed by atoms with van der Waals surface area (Å²) < 4.78 is 43.1. The van der Waals surface area contributed by atoms with E-state index >= 15 is 0 Å². The highest BCUT2D eigenvalue weighted by Crippen LogP contribution is 2.33. The van der Waals surface area contributed by atoms with Crippen molar-refractivity contribution in [2.75, 3.05) is 31.1 Å². The number of nitrogens with two attached hydrogens (primary N) is 1. The smallest absolute Gasteiger partial charge is 0.416 e. The molecule has 1 aromatic rings. The molecular formula is C17H24F3N3O3. The van der Waals surface area contributed by atoms with Gasteiger partial charge in [-0.2, -0.15) is 13.2 Å². The molecule has 1 atom stereocenters. The molecule has 1 unspecified atom stereocenters. The molecule has 1 heterocycles. The summed E-state index contributed by atoms with van der Waals surface area (Å²) >= 11 is 0. The maximum absolute atomic E-state index is 12.8. The first kappa shape index (κ1) is 20.3. The molecule has 1 aliphatic heterocycles. The lowest BCUT2D eigenvalue weighted by molar-refractivity contribution is -0.137.